The van der Waals surface area contributed by atoms with Crippen LogP contribution in [0.1, 0.15) is 17.5 Å². The van der Waals surface area contributed by atoms with Crippen LogP contribution in [-0.2, 0) is 20.4 Å². The summed E-state index contributed by atoms with van der Waals surface area (Å²) in [6.07, 6.45) is -0.0913. The number of aryl methyl sites for hydroxylation is 1. The number of carbonyl (C=O) groups is 1. The maximum absolute atomic E-state index is 13.1. The van der Waals surface area contributed by atoms with Crippen molar-refractivity contribution < 1.29 is 17.6 Å². The molecule has 0 N–H and O–H groups in total. The molecule has 0 bridgehead atoms. The first-order valence-corrected chi connectivity index (χ1v) is 8.11. The predicted octanol–water partition coefficient (Wildman–Crippen LogP) is 1.80. The maximum atomic E-state index is 13.1. The summed E-state index contributed by atoms with van der Waals surface area (Å²) in [6.45, 7) is 1.99. The Morgan fingerprint density at radius 3 is 2.68 bits per heavy atom. The van der Waals surface area contributed by atoms with Gasteiger partial charge in [0, 0.05) is 30.2 Å². The molecule has 104 valence electrons. The van der Waals surface area contributed by atoms with Crippen LogP contribution < -0.4 is 0 Å². The van der Waals surface area contributed by atoms with Crippen LogP contribution in [0.3, 0.4) is 0 Å². The average molecular weight is 306 g/mol. The fourth-order valence-corrected chi connectivity index (χ4v) is 3.16. The molecule has 0 radical (unpaired) electrons. The highest BCUT2D eigenvalue weighted by molar-refractivity contribution is 8.14. The summed E-state index contributed by atoms with van der Waals surface area (Å²) < 4.78 is 35.6. The van der Waals surface area contributed by atoms with Gasteiger partial charge in [0.25, 0.3) is 0 Å². The molecule has 1 aliphatic heterocycles. The predicted molar refractivity (Wildman–Crippen MR) is 69.7 cm³/mol. The third-order valence-corrected chi connectivity index (χ3v) is 5.04. The van der Waals surface area contributed by atoms with Crippen LogP contribution in [0.2, 0.25) is 0 Å². The van der Waals surface area contributed by atoms with Crippen molar-refractivity contribution in [3.8, 4) is 0 Å². The fourth-order valence-electron chi connectivity index (χ4n) is 2.10. The quantitative estimate of drug-likeness (QED) is 0.800. The Hall–Kier alpha value is -1.14. The summed E-state index contributed by atoms with van der Waals surface area (Å²) in [7, 11) is 1.54. The van der Waals surface area contributed by atoms with Crippen molar-refractivity contribution in [2.24, 2.45) is 0 Å². The minimum Gasteiger partial charge on any atom is -0.337 e. The van der Waals surface area contributed by atoms with Gasteiger partial charge in [-0.05, 0) is 24.1 Å². The van der Waals surface area contributed by atoms with Crippen molar-refractivity contribution in [2.75, 3.05) is 6.54 Å². The van der Waals surface area contributed by atoms with Crippen molar-refractivity contribution in [2.45, 2.75) is 25.1 Å². The third kappa shape index (κ3) is 3.25. The number of carbonyl (C=O) groups excluding carboxylic acids is 1. The number of likely N-dealkylation sites (tertiary alicyclic amines) is 1. The molecule has 1 saturated heterocycles. The molecule has 1 heterocycles. The van der Waals surface area contributed by atoms with E-state index in [1.54, 1.807) is 19.1 Å². The average Bonchev–Trinajstić information content (AvgIpc) is 2.65. The summed E-state index contributed by atoms with van der Waals surface area (Å²) in [4.78, 5) is 13.1. The fraction of sp³-hybridized carbons (Fsp3) is 0.417. The molecular formula is C12H13ClFNO3S. The summed E-state index contributed by atoms with van der Waals surface area (Å²) >= 11 is 0. The molecule has 19 heavy (non-hydrogen) atoms. The third-order valence-electron chi connectivity index (χ3n) is 3.17. The Labute approximate surface area is 115 Å². The molecule has 0 spiro atoms. The lowest BCUT2D eigenvalue weighted by Crippen LogP contribution is -2.26. The topological polar surface area (TPSA) is 54.5 Å². The molecule has 1 aliphatic rings. The molecule has 1 unspecified atom stereocenters. The van der Waals surface area contributed by atoms with E-state index in [1.165, 1.54) is 11.0 Å². The van der Waals surface area contributed by atoms with Crippen LogP contribution in [0, 0.1) is 12.7 Å². The van der Waals surface area contributed by atoms with Gasteiger partial charge in [0.05, 0.1) is 0 Å². The minimum absolute atomic E-state index is 0.0844. The Bertz CT molecular complexity index is 617. The van der Waals surface area contributed by atoms with Crippen LogP contribution in [0.15, 0.2) is 18.2 Å². The molecule has 0 aromatic heterocycles. The van der Waals surface area contributed by atoms with Gasteiger partial charge in [-0.2, -0.15) is 0 Å². The Morgan fingerprint density at radius 2 is 2.16 bits per heavy atom. The monoisotopic (exact) mass is 305 g/mol. The highest BCUT2D eigenvalue weighted by Crippen LogP contribution is 2.23. The van der Waals surface area contributed by atoms with Gasteiger partial charge in [0.2, 0.25) is 15.0 Å². The first-order chi connectivity index (χ1) is 8.77. The molecule has 1 aromatic rings. The second kappa shape index (κ2) is 5.09. The van der Waals surface area contributed by atoms with Gasteiger partial charge < -0.3 is 4.90 Å². The molecule has 0 aliphatic carbocycles. The van der Waals surface area contributed by atoms with Crippen LogP contribution in [0.25, 0.3) is 0 Å². The number of rotatable bonds is 3. The van der Waals surface area contributed by atoms with Crippen LogP contribution in [0.4, 0.5) is 4.39 Å². The first kappa shape index (κ1) is 14.3. The lowest BCUT2D eigenvalue weighted by Gasteiger charge is -2.16. The van der Waals surface area contributed by atoms with E-state index in [2.05, 4.69) is 0 Å². The second-order valence-electron chi connectivity index (χ2n) is 4.66. The first-order valence-electron chi connectivity index (χ1n) is 5.73. The van der Waals surface area contributed by atoms with Crippen molar-refractivity contribution in [3.63, 3.8) is 0 Å². The van der Waals surface area contributed by atoms with E-state index in [-0.39, 0.29) is 31.2 Å². The number of amides is 1. The highest BCUT2D eigenvalue weighted by Gasteiger charge is 2.37. The number of hydrogen-bond acceptors (Lipinski definition) is 3. The Morgan fingerprint density at radius 1 is 1.47 bits per heavy atom. The van der Waals surface area contributed by atoms with Crippen molar-refractivity contribution in [3.05, 3.63) is 35.1 Å². The number of hydrogen-bond donors (Lipinski definition) is 0. The standard InChI is InChI=1S/C12H13ClFNO3S/c1-8-4-9(2-3-11(8)14)6-15-7-10(5-12(15)16)19(13,17)18/h2-4,10H,5-7H2,1H3. The van der Waals surface area contributed by atoms with E-state index in [0.717, 1.165) is 5.56 Å². The molecule has 1 amide bonds. The molecular weight excluding hydrogens is 293 g/mol. The molecule has 1 atom stereocenters. The number of nitrogens with zero attached hydrogens (tertiary/aromatic N) is 1. The molecule has 0 saturated carbocycles. The zero-order chi connectivity index (χ0) is 14.2. The zero-order valence-corrected chi connectivity index (χ0v) is 11.8. The SMILES string of the molecule is Cc1cc(CN2CC(S(=O)(=O)Cl)CC2=O)ccc1F. The van der Waals surface area contributed by atoms with Crippen molar-refractivity contribution in [1.82, 2.24) is 4.90 Å². The lowest BCUT2D eigenvalue weighted by atomic mass is 10.1. The maximum Gasteiger partial charge on any atom is 0.237 e. The Balaban J connectivity index is 2.12. The minimum atomic E-state index is -3.73. The summed E-state index contributed by atoms with van der Waals surface area (Å²) in [5.41, 5.74) is 1.26. The number of halogens is 2. The van der Waals surface area contributed by atoms with E-state index in [9.17, 15) is 17.6 Å². The van der Waals surface area contributed by atoms with Gasteiger partial charge in [-0.1, -0.05) is 12.1 Å². The normalized spacial score (nSPS) is 20.1. The van der Waals surface area contributed by atoms with Crippen LogP contribution in [0.5, 0.6) is 0 Å². The van der Waals surface area contributed by atoms with E-state index >= 15 is 0 Å². The van der Waals surface area contributed by atoms with Crippen LogP contribution >= 0.6 is 10.7 Å². The smallest absolute Gasteiger partial charge is 0.237 e. The van der Waals surface area contributed by atoms with Gasteiger partial charge >= 0.3 is 0 Å². The highest BCUT2D eigenvalue weighted by atomic mass is 35.7. The van der Waals surface area contributed by atoms with E-state index in [1.807, 2.05) is 0 Å². The summed E-state index contributed by atoms with van der Waals surface area (Å²) in [5, 5.41) is -0.858. The molecule has 1 fully saturated rings. The van der Waals surface area contributed by atoms with Gasteiger partial charge in [0.1, 0.15) is 11.1 Å². The van der Waals surface area contributed by atoms with Crippen molar-refractivity contribution >= 4 is 25.6 Å². The second-order valence-corrected chi connectivity index (χ2v) is 7.57. The zero-order valence-electron chi connectivity index (χ0n) is 10.3. The van der Waals surface area contributed by atoms with Gasteiger partial charge in [0.15, 0.2) is 0 Å². The van der Waals surface area contributed by atoms with Crippen LogP contribution in [-0.4, -0.2) is 31.0 Å². The Kier molecular flexibility index (Phi) is 3.82. The van der Waals surface area contributed by atoms with Gasteiger partial charge in [-0.25, -0.2) is 12.8 Å². The van der Waals surface area contributed by atoms with Gasteiger partial charge in [-0.3, -0.25) is 4.79 Å². The largest absolute Gasteiger partial charge is 0.337 e. The number of benzene rings is 1. The molecule has 7 heteroatoms. The van der Waals surface area contributed by atoms with E-state index in [4.69, 9.17) is 10.7 Å². The van der Waals surface area contributed by atoms with Gasteiger partial charge in [-0.15, -0.1) is 0 Å². The van der Waals surface area contributed by atoms with E-state index < -0.39 is 14.3 Å². The molecule has 4 nitrogen and oxygen atoms in total. The lowest BCUT2D eigenvalue weighted by molar-refractivity contribution is -0.128. The molecule has 1 aromatic carbocycles. The summed E-state index contributed by atoms with van der Waals surface area (Å²) in [5.74, 6) is -0.561. The summed E-state index contributed by atoms with van der Waals surface area (Å²) in [6, 6.07) is 4.56. The van der Waals surface area contributed by atoms with E-state index in [0.29, 0.717) is 5.56 Å². The van der Waals surface area contributed by atoms with Crippen molar-refractivity contribution in [1.29, 1.82) is 0 Å². The molecule has 2 rings (SSSR count).